The van der Waals surface area contributed by atoms with Crippen LogP contribution in [0.5, 0.6) is 0 Å². The van der Waals surface area contributed by atoms with Gasteiger partial charge in [0.1, 0.15) is 5.69 Å². The molecule has 0 unspecified atom stereocenters. The predicted molar refractivity (Wildman–Crippen MR) is 76.8 cm³/mol. The van der Waals surface area contributed by atoms with Gasteiger partial charge in [-0.15, -0.1) is 0 Å². The minimum absolute atomic E-state index is 0.0751. The van der Waals surface area contributed by atoms with Crippen LogP contribution in [-0.2, 0) is 16.1 Å². The van der Waals surface area contributed by atoms with E-state index in [1.54, 1.807) is 12.1 Å². The maximum absolute atomic E-state index is 12.0. The molecule has 1 aliphatic heterocycles. The number of hydrogen-bond donors (Lipinski definition) is 2. The Kier molecular flexibility index (Phi) is 3.78. The summed E-state index contributed by atoms with van der Waals surface area (Å²) in [5, 5.41) is 5.93. The zero-order chi connectivity index (χ0) is 17.3. The SMILES string of the molecule is O=C(CCc1n[nH]c(=O)[nH]c1=O)ON1C(=O)c2ccccc2C1=O. The number of rotatable bonds is 4. The van der Waals surface area contributed by atoms with Crippen molar-refractivity contribution in [1.29, 1.82) is 0 Å². The number of nitrogens with zero attached hydrogens (tertiary/aromatic N) is 2. The average molecular weight is 330 g/mol. The Bertz CT molecular complexity index is 925. The van der Waals surface area contributed by atoms with E-state index in [2.05, 4.69) is 5.10 Å². The van der Waals surface area contributed by atoms with E-state index in [9.17, 15) is 24.0 Å². The van der Waals surface area contributed by atoms with Crippen LogP contribution in [-0.4, -0.2) is 38.0 Å². The molecule has 0 saturated carbocycles. The van der Waals surface area contributed by atoms with Gasteiger partial charge >= 0.3 is 11.7 Å². The summed E-state index contributed by atoms with van der Waals surface area (Å²) in [6.45, 7) is 0. The molecule has 0 bridgehead atoms. The van der Waals surface area contributed by atoms with Gasteiger partial charge in [-0.3, -0.25) is 19.4 Å². The fourth-order valence-electron chi connectivity index (χ4n) is 2.16. The third kappa shape index (κ3) is 2.72. The lowest BCUT2D eigenvalue weighted by Crippen LogP contribution is -2.33. The summed E-state index contributed by atoms with van der Waals surface area (Å²) in [5.41, 5.74) is -1.28. The van der Waals surface area contributed by atoms with E-state index in [0.29, 0.717) is 5.06 Å². The topological polar surface area (TPSA) is 142 Å². The molecular formula is C14H10N4O6. The van der Waals surface area contributed by atoms with Crippen LogP contribution in [0.4, 0.5) is 0 Å². The average Bonchev–Trinajstić information content (AvgIpc) is 2.79. The van der Waals surface area contributed by atoms with Gasteiger partial charge in [0.2, 0.25) is 0 Å². The number of carbonyl (C=O) groups is 3. The number of aryl methyl sites for hydroxylation is 1. The van der Waals surface area contributed by atoms with Gasteiger partial charge in [0.15, 0.2) is 0 Å². The molecule has 0 saturated heterocycles. The molecule has 10 heteroatoms. The second-order valence-electron chi connectivity index (χ2n) is 4.87. The van der Waals surface area contributed by atoms with Crippen LogP contribution in [0.3, 0.4) is 0 Å². The molecule has 0 spiro atoms. The van der Waals surface area contributed by atoms with E-state index < -0.39 is 29.0 Å². The summed E-state index contributed by atoms with van der Waals surface area (Å²) in [7, 11) is 0. The quantitative estimate of drug-likeness (QED) is 0.695. The fourth-order valence-corrected chi connectivity index (χ4v) is 2.16. The highest BCUT2D eigenvalue weighted by Crippen LogP contribution is 2.22. The molecule has 0 fully saturated rings. The largest absolute Gasteiger partial charge is 0.342 e. The van der Waals surface area contributed by atoms with Crippen molar-refractivity contribution in [2.75, 3.05) is 0 Å². The van der Waals surface area contributed by atoms with E-state index in [0.717, 1.165) is 0 Å². The molecule has 2 N–H and O–H groups in total. The lowest BCUT2D eigenvalue weighted by Gasteiger charge is -2.12. The molecule has 0 radical (unpaired) electrons. The fraction of sp³-hybridized carbons (Fsp3) is 0.143. The maximum atomic E-state index is 12.0. The Hall–Kier alpha value is -3.56. The first-order valence-corrected chi connectivity index (χ1v) is 6.84. The third-order valence-corrected chi connectivity index (χ3v) is 3.30. The molecule has 122 valence electrons. The lowest BCUT2D eigenvalue weighted by atomic mass is 10.1. The van der Waals surface area contributed by atoms with Crippen LogP contribution in [0.25, 0.3) is 0 Å². The van der Waals surface area contributed by atoms with Crippen molar-refractivity contribution in [1.82, 2.24) is 20.2 Å². The van der Waals surface area contributed by atoms with Crippen LogP contribution < -0.4 is 11.2 Å². The minimum atomic E-state index is -0.892. The highest BCUT2D eigenvalue weighted by atomic mass is 16.7. The first kappa shape index (κ1) is 15.3. The van der Waals surface area contributed by atoms with Crippen LogP contribution in [0.1, 0.15) is 32.8 Å². The molecule has 0 atom stereocenters. The molecule has 2 amide bonds. The van der Waals surface area contributed by atoms with Gasteiger partial charge in [-0.25, -0.2) is 14.7 Å². The molecule has 2 heterocycles. The molecule has 3 rings (SSSR count). The zero-order valence-electron chi connectivity index (χ0n) is 12.1. The summed E-state index contributed by atoms with van der Waals surface area (Å²) in [6.07, 6.45) is -0.441. The number of benzene rings is 1. The minimum Gasteiger partial charge on any atom is -0.330 e. The number of aromatic amines is 2. The lowest BCUT2D eigenvalue weighted by molar-refractivity contribution is -0.168. The van der Waals surface area contributed by atoms with E-state index in [-0.39, 0.29) is 29.7 Å². The molecule has 24 heavy (non-hydrogen) atoms. The van der Waals surface area contributed by atoms with Crippen molar-refractivity contribution >= 4 is 17.8 Å². The van der Waals surface area contributed by atoms with Crippen molar-refractivity contribution in [2.45, 2.75) is 12.8 Å². The monoisotopic (exact) mass is 330 g/mol. The summed E-state index contributed by atoms with van der Waals surface area (Å²) < 4.78 is 0. The van der Waals surface area contributed by atoms with Crippen molar-refractivity contribution < 1.29 is 19.2 Å². The number of amides is 2. The Balaban J connectivity index is 1.66. The van der Waals surface area contributed by atoms with Gasteiger partial charge in [-0.05, 0) is 12.1 Å². The second-order valence-corrected chi connectivity index (χ2v) is 4.87. The van der Waals surface area contributed by atoms with E-state index >= 15 is 0 Å². The number of hydroxylamine groups is 2. The van der Waals surface area contributed by atoms with E-state index in [1.165, 1.54) is 12.1 Å². The normalized spacial score (nSPS) is 13.1. The van der Waals surface area contributed by atoms with Gasteiger partial charge in [-0.1, -0.05) is 17.2 Å². The van der Waals surface area contributed by atoms with Gasteiger partial charge < -0.3 is 4.84 Å². The van der Waals surface area contributed by atoms with Gasteiger partial charge in [0.05, 0.1) is 17.5 Å². The molecule has 2 aromatic rings. The van der Waals surface area contributed by atoms with Crippen LogP contribution in [0, 0.1) is 0 Å². The van der Waals surface area contributed by atoms with Crippen molar-refractivity contribution in [3.63, 3.8) is 0 Å². The Morgan fingerprint density at radius 1 is 1.08 bits per heavy atom. The Morgan fingerprint density at radius 3 is 2.29 bits per heavy atom. The number of H-pyrrole nitrogens is 2. The molecular weight excluding hydrogens is 320 g/mol. The van der Waals surface area contributed by atoms with Gasteiger partial charge in [0.25, 0.3) is 17.4 Å². The maximum Gasteiger partial charge on any atom is 0.342 e. The van der Waals surface area contributed by atoms with Gasteiger partial charge in [-0.2, -0.15) is 5.10 Å². The third-order valence-electron chi connectivity index (χ3n) is 3.30. The molecule has 10 nitrogen and oxygen atoms in total. The zero-order valence-corrected chi connectivity index (χ0v) is 12.1. The second kappa shape index (κ2) is 5.91. The first-order chi connectivity index (χ1) is 11.5. The van der Waals surface area contributed by atoms with Gasteiger partial charge in [0, 0.05) is 6.42 Å². The predicted octanol–water partition coefficient (Wildman–Crippen LogP) is -0.855. The van der Waals surface area contributed by atoms with E-state index in [4.69, 9.17) is 4.84 Å². The standard InChI is InChI=1S/C14H10N4O6/c19-10(6-5-9-11(20)15-14(23)17-16-9)24-18-12(21)7-3-1-2-4-8(7)13(18)22/h1-4H,5-6H2,(H2,15,17,20,23). The number of nitrogens with one attached hydrogen (secondary N) is 2. The molecule has 0 aliphatic carbocycles. The highest BCUT2D eigenvalue weighted by Gasteiger charge is 2.38. The summed E-state index contributed by atoms with van der Waals surface area (Å²) in [4.78, 5) is 64.9. The number of carbonyl (C=O) groups excluding carboxylic acids is 3. The van der Waals surface area contributed by atoms with Crippen LogP contribution in [0.2, 0.25) is 0 Å². The van der Waals surface area contributed by atoms with Crippen molar-refractivity contribution in [3.8, 4) is 0 Å². The summed E-state index contributed by atoms with van der Waals surface area (Å²) in [5.74, 6) is -2.36. The smallest absolute Gasteiger partial charge is 0.330 e. The van der Waals surface area contributed by atoms with Crippen molar-refractivity contribution in [2.24, 2.45) is 0 Å². The number of hydrogen-bond acceptors (Lipinski definition) is 7. The number of fused-ring (bicyclic) bond motifs is 1. The highest BCUT2D eigenvalue weighted by molar-refractivity contribution is 6.20. The molecule has 1 aliphatic rings. The summed E-state index contributed by atoms with van der Waals surface area (Å²) >= 11 is 0. The Morgan fingerprint density at radius 2 is 1.71 bits per heavy atom. The first-order valence-electron chi connectivity index (χ1n) is 6.84. The number of aromatic nitrogens is 3. The summed E-state index contributed by atoms with van der Waals surface area (Å²) in [6, 6.07) is 6.08. The van der Waals surface area contributed by atoms with Crippen LogP contribution >= 0.6 is 0 Å². The van der Waals surface area contributed by atoms with E-state index in [1.807, 2.05) is 10.1 Å². The number of imide groups is 1. The van der Waals surface area contributed by atoms with Crippen molar-refractivity contribution in [3.05, 3.63) is 61.9 Å². The molecule has 1 aromatic heterocycles. The Labute approximate surface area is 133 Å². The van der Waals surface area contributed by atoms with Crippen LogP contribution in [0.15, 0.2) is 33.9 Å². The molecule has 1 aromatic carbocycles.